The van der Waals surface area contributed by atoms with Crippen LogP contribution in [0.2, 0.25) is 0 Å². The zero-order valence-corrected chi connectivity index (χ0v) is 25.8. The maximum atomic E-state index is 13.7. The van der Waals surface area contributed by atoms with Crippen LogP contribution in [0.5, 0.6) is 5.75 Å². The predicted molar refractivity (Wildman–Crippen MR) is 172 cm³/mol. The van der Waals surface area contributed by atoms with E-state index in [0.717, 1.165) is 27.4 Å². The third-order valence-electron chi connectivity index (χ3n) is 7.21. The number of benzene rings is 3. The van der Waals surface area contributed by atoms with Gasteiger partial charge in [-0.3, -0.25) is 14.2 Å². The van der Waals surface area contributed by atoms with Crippen molar-refractivity contribution in [3.8, 4) is 11.4 Å². The minimum absolute atomic E-state index is 0.116. The van der Waals surface area contributed by atoms with E-state index in [2.05, 4.69) is 39.8 Å². The molecule has 9 nitrogen and oxygen atoms in total. The maximum Gasteiger partial charge on any atom is 0.253 e. The fraction of sp³-hybridized carbons (Fsp3) is 0.182. The van der Waals surface area contributed by atoms with Gasteiger partial charge in [0.15, 0.2) is 11.0 Å². The molecule has 1 aliphatic rings. The van der Waals surface area contributed by atoms with Gasteiger partial charge in [0.1, 0.15) is 5.75 Å². The first-order valence-electron chi connectivity index (χ1n) is 14.0. The van der Waals surface area contributed by atoms with Gasteiger partial charge in [-0.1, -0.05) is 71.9 Å². The number of thiophene rings is 1. The van der Waals surface area contributed by atoms with E-state index in [0.29, 0.717) is 28.7 Å². The molecule has 6 rings (SSSR count). The molecule has 0 saturated heterocycles. The molecule has 11 heteroatoms. The van der Waals surface area contributed by atoms with Gasteiger partial charge in [-0.2, -0.15) is 5.10 Å². The summed E-state index contributed by atoms with van der Waals surface area (Å²) < 4.78 is 7.11. The van der Waals surface area contributed by atoms with Crippen molar-refractivity contribution in [3.63, 3.8) is 0 Å². The Bertz CT molecular complexity index is 1790. The number of amides is 2. The molecule has 222 valence electrons. The van der Waals surface area contributed by atoms with Crippen molar-refractivity contribution in [2.75, 3.05) is 12.9 Å². The van der Waals surface area contributed by atoms with Crippen LogP contribution < -0.4 is 10.1 Å². The van der Waals surface area contributed by atoms with Crippen molar-refractivity contribution in [1.29, 1.82) is 0 Å². The predicted octanol–water partition coefficient (Wildman–Crippen LogP) is 6.05. The Morgan fingerprint density at radius 1 is 1.00 bits per heavy atom. The van der Waals surface area contributed by atoms with Crippen molar-refractivity contribution in [2.24, 2.45) is 5.10 Å². The van der Waals surface area contributed by atoms with Crippen molar-refractivity contribution in [2.45, 2.75) is 31.1 Å². The number of thioether (sulfide) groups is 1. The number of methoxy groups -OCH3 is 1. The zero-order chi connectivity index (χ0) is 30.5. The lowest BCUT2D eigenvalue weighted by molar-refractivity contribution is -0.130. The van der Waals surface area contributed by atoms with Crippen molar-refractivity contribution in [3.05, 3.63) is 124 Å². The third-order valence-corrected chi connectivity index (χ3v) is 9.04. The summed E-state index contributed by atoms with van der Waals surface area (Å²) in [6.45, 7) is 2.19. The molecule has 5 aromatic rings. The molecular weight excluding hydrogens is 593 g/mol. The average molecular weight is 623 g/mol. The molecule has 0 radical (unpaired) electrons. The quantitative estimate of drug-likeness (QED) is 0.191. The highest BCUT2D eigenvalue weighted by Gasteiger charge is 2.33. The van der Waals surface area contributed by atoms with Gasteiger partial charge in [0.05, 0.1) is 36.0 Å². The van der Waals surface area contributed by atoms with Gasteiger partial charge >= 0.3 is 0 Å². The minimum atomic E-state index is -0.258. The van der Waals surface area contributed by atoms with Gasteiger partial charge in [0.2, 0.25) is 0 Å². The van der Waals surface area contributed by atoms with Crippen LogP contribution in [-0.2, 0) is 11.3 Å². The molecule has 0 unspecified atom stereocenters. The van der Waals surface area contributed by atoms with Gasteiger partial charge < -0.3 is 10.1 Å². The van der Waals surface area contributed by atoms with E-state index >= 15 is 0 Å². The molecule has 1 N–H and O–H groups in total. The number of carbonyl (C=O) groups excluding carboxylic acids is 2. The summed E-state index contributed by atoms with van der Waals surface area (Å²) in [6.07, 6.45) is 0.650. The van der Waals surface area contributed by atoms with Crippen LogP contribution in [0, 0.1) is 6.92 Å². The van der Waals surface area contributed by atoms with E-state index in [1.54, 1.807) is 47.7 Å². The highest BCUT2D eigenvalue weighted by Crippen LogP contribution is 2.35. The van der Waals surface area contributed by atoms with E-state index in [-0.39, 0.29) is 30.2 Å². The molecule has 3 aromatic carbocycles. The SMILES string of the molecule is COc1cccc(C(=O)NCc2nnc(SCC(=O)N3N=C(c4cccs4)C[C@@H]3c3ccc(C)cc3)n2-c2ccccc2)c1. The monoisotopic (exact) mass is 622 g/mol. The molecule has 3 heterocycles. The summed E-state index contributed by atoms with van der Waals surface area (Å²) in [5.74, 6) is 0.876. The highest BCUT2D eigenvalue weighted by molar-refractivity contribution is 7.99. The summed E-state index contributed by atoms with van der Waals surface area (Å²) in [5.41, 5.74) is 4.42. The number of hydrogen-bond donors (Lipinski definition) is 1. The number of nitrogens with zero attached hydrogens (tertiary/aromatic N) is 5. The molecule has 1 aliphatic heterocycles. The molecule has 0 spiro atoms. The Kier molecular flexibility index (Phi) is 8.85. The van der Waals surface area contributed by atoms with Gasteiger partial charge in [0, 0.05) is 17.7 Å². The van der Waals surface area contributed by atoms with Crippen molar-refractivity contribution >= 4 is 40.6 Å². The number of hydrazone groups is 1. The molecule has 0 bridgehead atoms. The number of rotatable bonds is 10. The first-order chi connectivity index (χ1) is 21.5. The van der Waals surface area contributed by atoms with Crippen molar-refractivity contribution in [1.82, 2.24) is 25.1 Å². The fourth-order valence-electron chi connectivity index (χ4n) is 4.94. The topological polar surface area (TPSA) is 102 Å². The van der Waals surface area contributed by atoms with E-state index in [1.807, 2.05) is 59.3 Å². The number of carbonyl (C=O) groups is 2. The molecular formula is C33H30N6O3S2. The first-order valence-corrected chi connectivity index (χ1v) is 15.9. The summed E-state index contributed by atoms with van der Waals surface area (Å²) in [7, 11) is 1.56. The Balaban J connectivity index is 1.21. The van der Waals surface area contributed by atoms with Crippen LogP contribution in [0.25, 0.3) is 5.69 Å². The van der Waals surface area contributed by atoms with Crippen LogP contribution in [0.1, 0.15) is 44.6 Å². The maximum absolute atomic E-state index is 13.7. The Labute approximate surface area is 263 Å². The fourth-order valence-corrected chi connectivity index (χ4v) is 6.49. The number of para-hydroxylation sites is 1. The number of aryl methyl sites for hydroxylation is 1. The van der Waals surface area contributed by atoms with Crippen LogP contribution in [-0.4, -0.2) is 50.2 Å². The van der Waals surface area contributed by atoms with Gasteiger partial charge in [-0.25, -0.2) is 5.01 Å². The Morgan fingerprint density at radius 3 is 2.57 bits per heavy atom. The highest BCUT2D eigenvalue weighted by atomic mass is 32.2. The van der Waals surface area contributed by atoms with Crippen LogP contribution in [0.3, 0.4) is 0 Å². The lowest BCUT2D eigenvalue weighted by Gasteiger charge is -2.22. The Hall–Kier alpha value is -4.74. The number of aromatic nitrogens is 3. The second kappa shape index (κ2) is 13.3. The second-order valence-electron chi connectivity index (χ2n) is 10.2. The largest absolute Gasteiger partial charge is 0.497 e. The number of hydrogen-bond acceptors (Lipinski definition) is 8. The molecule has 44 heavy (non-hydrogen) atoms. The summed E-state index contributed by atoms with van der Waals surface area (Å²) in [5, 5.41) is 20.7. The standard InChI is InChI=1S/C33H30N6O3S2/c1-22-13-15-23(16-14-22)28-19-27(29-12-7-17-43-29)37-39(28)31(40)21-44-33-36-35-30(38(33)25-9-4-3-5-10-25)20-34-32(41)24-8-6-11-26(18-24)42-2/h3-18,28H,19-21H2,1-2H3,(H,34,41)/t28-/m1/s1. The number of nitrogens with one attached hydrogen (secondary N) is 1. The second-order valence-corrected chi connectivity index (χ2v) is 12.1. The van der Waals surface area contributed by atoms with E-state index in [1.165, 1.54) is 11.8 Å². The molecule has 0 saturated carbocycles. The average Bonchev–Trinajstić information content (AvgIpc) is 3.83. The van der Waals surface area contributed by atoms with Gasteiger partial charge in [-0.15, -0.1) is 21.5 Å². The summed E-state index contributed by atoms with van der Waals surface area (Å²) in [4.78, 5) is 27.7. The smallest absolute Gasteiger partial charge is 0.253 e. The first kappa shape index (κ1) is 29.3. The van der Waals surface area contributed by atoms with E-state index in [9.17, 15) is 9.59 Å². The minimum Gasteiger partial charge on any atom is -0.497 e. The van der Waals surface area contributed by atoms with Gasteiger partial charge in [-0.05, 0) is 54.3 Å². The van der Waals surface area contributed by atoms with Crippen molar-refractivity contribution < 1.29 is 14.3 Å². The zero-order valence-electron chi connectivity index (χ0n) is 24.2. The van der Waals surface area contributed by atoms with Crippen LogP contribution >= 0.6 is 23.1 Å². The molecule has 0 fully saturated rings. The normalized spacial score (nSPS) is 14.4. The molecule has 1 atom stereocenters. The van der Waals surface area contributed by atoms with Crippen LogP contribution in [0.15, 0.2) is 107 Å². The lowest BCUT2D eigenvalue weighted by atomic mass is 10.00. The summed E-state index contributed by atoms with van der Waals surface area (Å²) >= 11 is 2.92. The summed E-state index contributed by atoms with van der Waals surface area (Å²) in [6, 6.07) is 28.7. The van der Waals surface area contributed by atoms with E-state index < -0.39 is 0 Å². The van der Waals surface area contributed by atoms with Gasteiger partial charge in [0.25, 0.3) is 11.8 Å². The van der Waals surface area contributed by atoms with Crippen LogP contribution in [0.4, 0.5) is 0 Å². The molecule has 2 aromatic heterocycles. The Morgan fingerprint density at radius 2 is 1.82 bits per heavy atom. The third kappa shape index (κ3) is 6.43. The number of ether oxygens (including phenoxy) is 1. The van der Waals surface area contributed by atoms with E-state index in [4.69, 9.17) is 9.84 Å². The molecule has 2 amide bonds. The lowest BCUT2D eigenvalue weighted by Crippen LogP contribution is -2.28. The molecule has 0 aliphatic carbocycles.